The molecule has 2 N–H and O–H groups in total. The Morgan fingerprint density at radius 3 is 2.59 bits per heavy atom. The molecule has 1 rings (SSSR count). The van der Waals surface area contributed by atoms with Crippen molar-refractivity contribution in [2.24, 2.45) is 11.3 Å². The van der Waals surface area contributed by atoms with E-state index in [1.807, 2.05) is 0 Å². The Bertz CT molecular complexity index is 262. The number of carbonyl (C=O) groups excluding carboxylic acids is 1. The van der Waals surface area contributed by atoms with Crippen LogP contribution in [0.15, 0.2) is 0 Å². The monoisotopic (exact) mass is 240 g/mol. The Morgan fingerprint density at radius 1 is 1.47 bits per heavy atom. The van der Waals surface area contributed by atoms with Gasteiger partial charge in [0.1, 0.15) is 0 Å². The van der Waals surface area contributed by atoms with Crippen molar-refractivity contribution in [3.63, 3.8) is 0 Å². The second-order valence-corrected chi connectivity index (χ2v) is 6.84. The summed E-state index contributed by atoms with van der Waals surface area (Å²) in [5.74, 6) is 0.592. The highest BCUT2D eigenvalue weighted by Gasteiger charge is 2.29. The minimum absolute atomic E-state index is 0.112. The van der Waals surface area contributed by atoms with E-state index >= 15 is 0 Å². The molecule has 0 aliphatic carbocycles. The fourth-order valence-electron chi connectivity index (χ4n) is 2.06. The molecule has 0 spiro atoms. The molecule has 0 radical (unpaired) electrons. The first-order chi connectivity index (χ1) is 7.73. The van der Waals surface area contributed by atoms with Crippen molar-refractivity contribution >= 4 is 5.91 Å². The second-order valence-electron chi connectivity index (χ2n) is 6.84. The highest BCUT2D eigenvalue weighted by molar-refractivity contribution is 5.76. The van der Waals surface area contributed by atoms with Gasteiger partial charge in [-0.2, -0.15) is 0 Å². The Labute approximate surface area is 106 Å². The number of hydrogen-bond donors (Lipinski definition) is 2. The highest BCUT2D eigenvalue weighted by atomic mass is 16.1. The molecule has 0 saturated carbocycles. The standard InChI is InChI=1S/C14H28N2O/c1-11(13(2,3)4)9-12(17)15-10-14(5)7-6-8-16-14/h11,16H,6-10H2,1-5H3,(H,15,17). The zero-order valence-electron chi connectivity index (χ0n) is 12.0. The summed E-state index contributed by atoms with van der Waals surface area (Å²) in [4.78, 5) is 11.9. The largest absolute Gasteiger partial charge is 0.354 e. The summed E-state index contributed by atoms with van der Waals surface area (Å²) in [5.41, 5.74) is 0.313. The van der Waals surface area contributed by atoms with Gasteiger partial charge in [-0.05, 0) is 37.6 Å². The molecular weight excluding hydrogens is 212 g/mol. The lowest BCUT2D eigenvalue weighted by Gasteiger charge is -2.28. The molecule has 1 fully saturated rings. The van der Waals surface area contributed by atoms with E-state index in [-0.39, 0.29) is 16.9 Å². The van der Waals surface area contributed by atoms with Crippen LogP contribution in [0, 0.1) is 11.3 Å². The fraction of sp³-hybridized carbons (Fsp3) is 0.929. The number of carbonyl (C=O) groups is 1. The molecule has 0 aromatic carbocycles. The molecule has 1 heterocycles. The van der Waals surface area contributed by atoms with Gasteiger partial charge in [0.05, 0.1) is 0 Å². The topological polar surface area (TPSA) is 41.1 Å². The van der Waals surface area contributed by atoms with Crippen LogP contribution < -0.4 is 10.6 Å². The minimum Gasteiger partial charge on any atom is -0.354 e. The smallest absolute Gasteiger partial charge is 0.220 e. The van der Waals surface area contributed by atoms with Crippen LogP contribution in [0.4, 0.5) is 0 Å². The van der Waals surface area contributed by atoms with E-state index in [0.717, 1.165) is 19.5 Å². The maximum absolute atomic E-state index is 11.9. The number of amides is 1. The van der Waals surface area contributed by atoms with Crippen molar-refractivity contribution < 1.29 is 4.79 Å². The average molecular weight is 240 g/mol. The molecule has 3 nitrogen and oxygen atoms in total. The fourth-order valence-corrected chi connectivity index (χ4v) is 2.06. The molecule has 2 atom stereocenters. The van der Waals surface area contributed by atoms with Crippen LogP contribution in [0.5, 0.6) is 0 Å². The molecule has 0 bridgehead atoms. The van der Waals surface area contributed by atoms with E-state index in [0.29, 0.717) is 12.3 Å². The van der Waals surface area contributed by atoms with Crippen molar-refractivity contribution in [1.29, 1.82) is 0 Å². The lowest BCUT2D eigenvalue weighted by Crippen LogP contribution is -2.47. The Kier molecular flexibility index (Phi) is 4.59. The summed E-state index contributed by atoms with van der Waals surface area (Å²) in [6.07, 6.45) is 2.99. The molecule has 0 aromatic rings. The first kappa shape index (κ1) is 14.5. The maximum atomic E-state index is 11.9. The van der Waals surface area contributed by atoms with Crippen LogP contribution in [0.2, 0.25) is 0 Å². The molecule has 1 saturated heterocycles. The molecule has 100 valence electrons. The Morgan fingerprint density at radius 2 is 2.12 bits per heavy atom. The Balaban J connectivity index is 2.30. The molecule has 0 aromatic heterocycles. The molecule has 1 aliphatic rings. The van der Waals surface area contributed by atoms with Crippen LogP contribution in [-0.4, -0.2) is 24.5 Å². The van der Waals surface area contributed by atoms with Crippen molar-refractivity contribution in [2.45, 2.75) is 59.4 Å². The van der Waals surface area contributed by atoms with Gasteiger partial charge in [0.2, 0.25) is 5.91 Å². The van der Waals surface area contributed by atoms with Crippen LogP contribution >= 0.6 is 0 Å². The SMILES string of the molecule is CC(CC(=O)NCC1(C)CCCN1)C(C)(C)C. The zero-order chi connectivity index (χ0) is 13.1. The van der Waals surface area contributed by atoms with Gasteiger partial charge in [-0.25, -0.2) is 0 Å². The van der Waals surface area contributed by atoms with E-state index in [4.69, 9.17) is 0 Å². The minimum atomic E-state index is 0.112. The molecular formula is C14H28N2O. The van der Waals surface area contributed by atoms with Crippen molar-refractivity contribution in [3.05, 3.63) is 0 Å². The van der Waals surface area contributed by atoms with E-state index in [9.17, 15) is 4.79 Å². The third kappa shape index (κ3) is 4.66. The first-order valence-corrected chi connectivity index (χ1v) is 6.75. The summed E-state index contributed by atoms with van der Waals surface area (Å²) in [6, 6.07) is 0. The van der Waals surface area contributed by atoms with E-state index in [1.54, 1.807) is 0 Å². The zero-order valence-corrected chi connectivity index (χ0v) is 12.0. The highest BCUT2D eigenvalue weighted by Crippen LogP contribution is 2.27. The van der Waals surface area contributed by atoms with Crippen LogP contribution in [-0.2, 0) is 4.79 Å². The molecule has 1 amide bonds. The predicted octanol–water partition coefficient (Wildman–Crippen LogP) is 2.32. The van der Waals surface area contributed by atoms with Gasteiger partial charge in [0.15, 0.2) is 0 Å². The lowest BCUT2D eigenvalue weighted by atomic mass is 9.80. The van der Waals surface area contributed by atoms with Crippen LogP contribution in [0.25, 0.3) is 0 Å². The average Bonchev–Trinajstić information content (AvgIpc) is 2.61. The normalized spacial score (nSPS) is 26.9. The maximum Gasteiger partial charge on any atom is 0.220 e. The lowest BCUT2D eigenvalue weighted by molar-refractivity contribution is -0.122. The van der Waals surface area contributed by atoms with Gasteiger partial charge in [-0.1, -0.05) is 27.7 Å². The van der Waals surface area contributed by atoms with Gasteiger partial charge in [-0.15, -0.1) is 0 Å². The predicted molar refractivity (Wildman–Crippen MR) is 71.9 cm³/mol. The quantitative estimate of drug-likeness (QED) is 0.792. The molecule has 1 aliphatic heterocycles. The summed E-state index contributed by atoms with van der Waals surface area (Å²) >= 11 is 0. The van der Waals surface area contributed by atoms with Gasteiger partial charge in [0, 0.05) is 18.5 Å². The van der Waals surface area contributed by atoms with Gasteiger partial charge < -0.3 is 10.6 Å². The van der Waals surface area contributed by atoms with Gasteiger partial charge in [0.25, 0.3) is 0 Å². The molecule has 3 heteroatoms. The van der Waals surface area contributed by atoms with Gasteiger partial charge in [-0.3, -0.25) is 4.79 Å². The Hall–Kier alpha value is -0.570. The van der Waals surface area contributed by atoms with E-state index in [1.165, 1.54) is 6.42 Å². The first-order valence-electron chi connectivity index (χ1n) is 6.75. The third-order valence-corrected chi connectivity index (χ3v) is 4.10. The van der Waals surface area contributed by atoms with Crippen molar-refractivity contribution in [3.8, 4) is 0 Å². The van der Waals surface area contributed by atoms with Crippen LogP contribution in [0.1, 0.15) is 53.9 Å². The van der Waals surface area contributed by atoms with Gasteiger partial charge >= 0.3 is 0 Å². The summed E-state index contributed by atoms with van der Waals surface area (Å²) in [5, 5.41) is 6.52. The van der Waals surface area contributed by atoms with Crippen molar-refractivity contribution in [1.82, 2.24) is 10.6 Å². The van der Waals surface area contributed by atoms with Crippen molar-refractivity contribution in [2.75, 3.05) is 13.1 Å². The number of hydrogen-bond acceptors (Lipinski definition) is 2. The molecule has 17 heavy (non-hydrogen) atoms. The summed E-state index contributed by atoms with van der Waals surface area (Å²) in [6.45, 7) is 12.7. The van der Waals surface area contributed by atoms with Crippen LogP contribution in [0.3, 0.4) is 0 Å². The summed E-state index contributed by atoms with van der Waals surface area (Å²) in [7, 11) is 0. The second kappa shape index (κ2) is 5.38. The third-order valence-electron chi connectivity index (χ3n) is 4.10. The number of rotatable bonds is 4. The van der Waals surface area contributed by atoms with E-state index < -0.39 is 0 Å². The number of nitrogens with one attached hydrogen (secondary N) is 2. The molecule has 2 unspecified atom stereocenters. The van der Waals surface area contributed by atoms with E-state index in [2.05, 4.69) is 45.3 Å². The summed E-state index contributed by atoms with van der Waals surface area (Å²) < 4.78 is 0.